The highest BCUT2D eigenvalue weighted by molar-refractivity contribution is 6.75. The van der Waals surface area contributed by atoms with E-state index in [-0.39, 0.29) is 6.04 Å². The molecule has 3 nitrogen and oxygen atoms in total. The van der Waals surface area contributed by atoms with Gasteiger partial charge in [-0.15, -0.1) is 5.10 Å². The molecule has 0 aromatic carbocycles. The summed E-state index contributed by atoms with van der Waals surface area (Å²) in [4.78, 5) is 0. The molecular weight excluding hydrogens is 339 g/mol. The number of halogens is 5. The van der Waals surface area contributed by atoms with Crippen LogP contribution in [-0.4, -0.2) is 18.8 Å². The van der Waals surface area contributed by atoms with Gasteiger partial charge in [-0.25, -0.2) is 4.68 Å². The molecule has 1 aromatic rings. The smallest absolute Gasteiger partial charge is 0.228 e. The van der Waals surface area contributed by atoms with Crippen molar-refractivity contribution in [3.05, 3.63) is 11.4 Å². The average Bonchev–Trinajstić information content (AvgIpc) is 2.60. The first-order valence-electron chi connectivity index (χ1n) is 5.52. The molecule has 0 aliphatic carbocycles. The van der Waals surface area contributed by atoms with Gasteiger partial charge in [-0.3, -0.25) is 0 Å². The van der Waals surface area contributed by atoms with Crippen LogP contribution in [0.25, 0.3) is 0 Å². The van der Waals surface area contributed by atoms with Gasteiger partial charge >= 0.3 is 0 Å². The molecule has 1 heterocycles. The second kappa shape index (κ2) is 5.92. The Morgan fingerprint density at radius 3 is 2.11 bits per heavy atom. The maximum absolute atomic E-state index is 6.24. The summed E-state index contributed by atoms with van der Waals surface area (Å²) in [5, 5.41) is 8.11. The van der Waals surface area contributed by atoms with Crippen molar-refractivity contribution in [2.45, 2.75) is 47.8 Å². The molecule has 1 aromatic heterocycles. The summed E-state index contributed by atoms with van der Waals surface area (Å²) in [7, 11) is 0. The summed E-state index contributed by atoms with van der Waals surface area (Å²) in [6.07, 6.45) is 1.54. The molecule has 0 aliphatic heterocycles. The van der Waals surface area contributed by atoms with E-state index in [1.54, 1.807) is 4.68 Å². The van der Waals surface area contributed by atoms with E-state index in [1.165, 1.54) is 0 Å². The summed E-state index contributed by atoms with van der Waals surface area (Å²) >= 11 is 30.1. The van der Waals surface area contributed by atoms with Crippen LogP contribution in [0.4, 0.5) is 0 Å². The number of nitrogens with zero attached hydrogens (tertiary/aromatic N) is 3. The van der Waals surface area contributed by atoms with Crippen LogP contribution >= 0.6 is 58.0 Å². The topological polar surface area (TPSA) is 30.7 Å². The van der Waals surface area contributed by atoms with Gasteiger partial charge in [0.25, 0.3) is 0 Å². The van der Waals surface area contributed by atoms with Crippen LogP contribution in [0.5, 0.6) is 0 Å². The van der Waals surface area contributed by atoms with Crippen LogP contribution in [-0.2, 0) is 10.8 Å². The van der Waals surface area contributed by atoms with Crippen molar-refractivity contribution in [2.75, 3.05) is 0 Å². The monoisotopic (exact) mass is 351 g/mol. The molecule has 8 heteroatoms. The van der Waals surface area contributed by atoms with Crippen LogP contribution < -0.4 is 0 Å². The Balaban J connectivity index is 3.39. The molecule has 0 saturated carbocycles. The minimum Gasteiger partial charge on any atom is -0.243 e. The van der Waals surface area contributed by atoms with Gasteiger partial charge in [-0.2, -0.15) is 0 Å². The highest BCUT2D eigenvalue weighted by atomic mass is 35.6. The fraction of sp³-hybridized carbons (Fsp3) is 0.800. The Bertz CT molecular complexity index is 408. The Morgan fingerprint density at radius 2 is 1.72 bits per heavy atom. The van der Waals surface area contributed by atoms with Crippen molar-refractivity contribution in [1.29, 1.82) is 0 Å². The van der Waals surface area contributed by atoms with Gasteiger partial charge < -0.3 is 0 Å². The second-order valence-electron chi connectivity index (χ2n) is 4.25. The molecule has 18 heavy (non-hydrogen) atoms. The first-order valence-corrected chi connectivity index (χ1v) is 7.41. The van der Waals surface area contributed by atoms with E-state index in [1.807, 2.05) is 20.8 Å². The average molecular weight is 354 g/mol. The lowest BCUT2D eigenvalue weighted by molar-refractivity contribution is 0.485. The van der Waals surface area contributed by atoms with Gasteiger partial charge in [0.15, 0.2) is 0 Å². The molecule has 0 saturated heterocycles. The summed E-state index contributed by atoms with van der Waals surface area (Å²) in [6, 6.07) is 0.0160. The first-order chi connectivity index (χ1) is 8.13. The normalized spacial score (nSPS) is 13.4. The molecule has 0 amide bonds. The molecule has 1 rings (SSSR count). The lowest BCUT2D eigenvalue weighted by Gasteiger charge is -2.29. The molecular formula is C10H14Cl5N3. The Labute approximate surface area is 132 Å². The third-order valence-electron chi connectivity index (χ3n) is 2.39. The zero-order valence-corrected chi connectivity index (χ0v) is 14.0. The lowest BCUT2D eigenvalue weighted by Crippen LogP contribution is -2.32. The van der Waals surface area contributed by atoms with Crippen LogP contribution in [0.15, 0.2) is 0 Å². The minimum absolute atomic E-state index is 0.0160. The van der Waals surface area contributed by atoms with E-state index in [0.29, 0.717) is 17.8 Å². The number of alkyl halides is 5. The van der Waals surface area contributed by atoms with E-state index in [9.17, 15) is 0 Å². The predicted octanol–water partition coefficient (Wildman–Crippen LogP) is 4.81. The molecule has 0 bridgehead atoms. The number of rotatable bonds is 4. The fourth-order valence-electron chi connectivity index (χ4n) is 1.55. The SMILES string of the molecule is CCCc1nnn(C(C)C)c1C(Cl)(Cl)C(Cl)(Cl)Cl. The number of hydrogen-bond acceptors (Lipinski definition) is 2. The quantitative estimate of drug-likeness (QED) is 0.727. The zero-order valence-electron chi connectivity index (χ0n) is 10.2. The van der Waals surface area contributed by atoms with Crippen LogP contribution in [0.3, 0.4) is 0 Å². The lowest BCUT2D eigenvalue weighted by atomic mass is 10.1. The Hall–Kier alpha value is 0.590. The number of hydrogen-bond donors (Lipinski definition) is 0. The highest BCUT2D eigenvalue weighted by Crippen LogP contribution is 2.53. The van der Waals surface area contributed by atoms with Crippen molar-refractivity contribution in [3.63, 3.8) is 0 Å². The first kappa shape index (κ1) is 16.6. The Morgan fingerprint density at radius 1 is 1.17 bits per heavy atom. The number of aryl methyl sites for hydroxylation is 1. The van der Waals surface area contributed by atoms with Crippen LogP contribution in [0.2, 0.25) is 0 Å². The van der Waals surface area contributed by atoms with E-state index in [2.05, 4.69) is 10.3 Å². The van der Waals surface area contributed by atoms with Crippen LogP contribution in [0, 0.1) is 0 Å². The van der Waals surface area contributed by atoms with Gasteiger partial charge in [0.2, 0.25) is 8.13 Å². The van der Waals surface area contributed by atoms with Crippen molar-refractivity contribution in [3.8, 4) is 0 Å². The van der Waals surface area contributed by atoms with E-state index >= 15 is 0 Å². The predicted molar refractivity (Wildman–Crippen MR) is 78.1 cm³/mol. The van der Waals surface area contributed by atoms with E-state index in [4.69, 9.17) is 58.0 Å². The summed E-state index contributed by atoms with van der Waals surface area (Å²) < 4.78 is -1.98. The van der Waals surface area contributed by atoms with Crippen LogP contribution in [0.1, 0.15) is 44.6 Å². The summed E-state index contributed by atoms with van der Waals surface area (Å²) in [6.45, 7) is 5.87. The van der Waals surface area contributed by atoms with Gasteiger partial charge in [0.05, 0.1) is 5.69 Å². The third kappa shape index (κ3) is 3.18. The van der Waals surface area contributed by atoms with E-state index in [0.717, 1.165) is 6.42 Å². The maximum atomic E-state index is 6.24. The standard InChI is InChI=1S/C10H14Cl5N3/c1-4-5-7-8(9(11,12)10(13,14)15)18(6(2)3)17-16-7/h6H,4-5H2,1-3H3. The molecule has 0 spiro atoms. The zero-order chi connectivity index (χ0) is 14.1. The van der Waals surface area contributed by atoms with Gasteiger partial charge in [-0.05, 0) is 20.3 Å². The fourth-order valence-corrected chi connectivity index (χ4v) is 2.21. The molecule has 0 aliphatic rings. The van der Waals surface area contributed by atoms with Crippen molar-refractivity contribution >= 4 is 58.0 Å². The van der Waals surface area contributed by atoms with Crippen molar-refractivity contribution < 1.29 is 0 Å². The van der Waals surface area contributed by atoms with Crippen molar-refractivity contribution in [2.24, 2.45) is 0 Å². The minimum atomic E-state index is -1.87. The van der Waals surface area contributed by atoms with Gasteiger partial charge in [0.1, 0.15) is 5.69 Å². The number of aromatic nitrogens is 3. The molecule has 0 radical (unpaired) electrons. The molecule has 0 unspecified atom stereocenters. The molecule has 0 fully saturated rings. The second-order valence-corrected chi connectivity index (χ2v) is 7.85. The molecule has 0 atom stereocenters. The van der Waals surface area contributed by atoms with Gasteiger partial charge in [-0.1, -0.05) is 76.6 Å². The summed E-state index contributed by atoms with van der Waals surface area (Å²) in [5.74, 6) is 0. The molecule has 104 valence electrons. The van der Waals surface area contributed by atoms with Crippen molar-refractivity contribution in [1.82, 2.24) is 15.0 Å². The molecule has 0 N–H and O–H groups in total. The van der Waals surface area contributed by atoms with E-state index < -0.39 is 8.13 Å². The third-order valence-corrected chi connectivity index (χ3v) is 4.75. The van der Waals surface area contributed by atoms with Gasteiger partial charge in [0, 0.05) is 6.04 Å². The maximum Gasteiger partial charge on any atom is 0.228 e. The largest absolute Gasteiger partial charge is 0.243 e. The highest BCUT2D eigenvalue weighted by Gasteiger charge is 2.51. The Kier molecular flexibility index (Phi) is 5.48. The summed E-state index contributed by atoms with van der Waals surface area (Å²) in [5.41, 5.74) is 1.10.